The molecular formula is C9H7F3N4. The lowest BCUT2D eigenvalue weighted by molar-refractivity contribution is -0.142. The summed E-state index contributed by atoms with van der Waals surface area (Å²) < 4.78 is 37.0. The quantitative estimate of drug-likeness (QED) is 0.788. The molecule has 7 heteroatoms. The predicted octanol–water partition coefficient (Wildman–Crippen LogP) is 1.90. The smallest absolute Gasteiger partial charge is 0.263 e. The van der Waals surface area contributed by atoms with Gasteiger partial charge in [-0.1, -0.05) is 0 Å². The van der Waals surface area contributed by atoms with Crippen molar-refractivity contribution in [1.82, 2.24) is 19.7 Å². The van der Waals surface area contributed by atoms with E-state index in [1.165, 1.54) is 24.7 Å². The first-order valence-corrected chi connectivity index (χ1v) is 4.42. The van der Waals surface area contributed by atoms with Gasteiger partial charge in [-0.15, -0.1) is 0 Å². The number of halogens is 3. The first kappa shape index (κ1) is 10.6. The maximum absolute atomic E-state index is 12.1. The van der Waals surface area contributed by atoms with Gasteiger partial charge in [0, 0.05) is 18.6 Å². The van der Waals surface area contributed by atoms with Crippen molar-refractivity contribution in [3.8, 4) is 11.5 Å². The van der Waals surface area contributed by atoms with Crippen molar-refractivity contribution in [1.29, 1.82) is 0 Å². The van der Waals surface area contributed by atoms with Crippen LogP contribution in [-0.4, -0.2) is 25.9 Å². The van der Waals surface area contributed by atoms with Crippen LogP contribution in [0.3, 0.4) is 0 Å². The standard InChI is InChI=1S/C9H7F3N4/c10-9(11,12)6-16-5-2-7(15-16)8-13-3-1-4-14-8/h1-5H,6H2. The van der Waals surface area contributed by atoms with Crippen LogP contribution < -0.4 is 0 Å². The molecule has 2 aromatic rings. The van der Waals surface area contributed by atoms with Crippen LogP contribution in [0.25, 0.3) is 11.5 Å². The Kier molecular flexibility index (Phi) is 2.59. The predicted molar refractivity (Wildman–Crippen MR) is 49.3 cm³/mol. The average Bonchev–Trinajstić information content (AvgIpc) is 2.65. The fraction of sp³-hybridized carbons (Fsp3) is 0.222. The fourth-order valence-corrected chi connectivity index (χ4v) is 1.18. The molecule has 0 atom stereocenters. The number of rotatable bonds is 2. The van der Waals surface area contributed by atoms with Crippen LogP contribution in [0, 0.1) is 0 Å². The Bertz CT molecular complexity index is 463. The summed E-state index contributed by atoms with van der Waals surface area (Å²) in [6.07, 6.45) is -0.0176. The summed E-state index contributed by atoms with van der Waals surface area (Å²) in [6.45, 7) is -1.11. The lowest BCUT2D eigenvalue weighted by Crippen LogP contribution is -2.17. The van der Waals surface area contributed by atoms with Crippen molar-refractivity contribution < 1.29 is 13.2 Å². The van der Waals surface area contributed by atoms with Gasteiger partial charge in [0.15, 0.2) is 5.82 Å². The summed E-state index contributed by atoms with van der Waals surface area (Å²) in [5.41, 5.74) is 0.324. The zero-order valence-electron chi connectivity index (χ0n) is 8.02. The fourth-order valence-electron chi connectivity index (χ4n) is 1.18. The molecule has 0 aliphatic heterocycles. The Morgan fingerprint density at radius 1 is 1.19 bits per heavy atom. The van der Waals surface area contributed by atoms with Gasteiger partial charge in [0.05, 0.1) is 0 Å². The molecule has 0 fully saturated rings. The maximum Gasteiger partial charge on any atom is 0.408 e. The molecule has 0 aromatic carbocycles. The molecule has 0 saturated carbocycles. The summed E-state index contributed by atoms with van der Waals surface area (Å²) in [7, 11) is 0. The second-order valence-corrected chi connectivity index (χ2v) is 3.09. The van der Waals surface area contributed by atoms with Gasteiger partial charge in [0.1, 0.15) is 12.2 Å². The van der Waals surface area contributed by atoms with Crippen LogP contribution in [0.1, 0.15) is 0 Å². The Labute approximate surface area is 88.8 Å². The van der Waals surface area contributed by atoms with E-state index < -0.39 is 12.7 Å². The Morgan fingerprint density at radius 3 is 2.50 bits per heavy atom. The third-order valence-corrected chi connectivity index (χ3v) is 1.78. The third-order valence-electron chi connectivity index (χ3n) is 1.78. The molecule has 0 aliphatic carbocycles. The molecule has 2 heterocycles. The van der Waals surface area contributed by atoms with E-state index in [-0.39, 0.29) is 0 Å². The highest BCUT2D eigenvalue weighted by molar-refractivity contribution is 5.46. The summed E-state index contributed by atoms with van der Waals surface area (Å²) in [5, 5.41) is 3.74. The molecule has 0 unspecified atom stereocenters. The van der Waals surface area contributed by atoms with Gasteiger partial charge in [0.25, 0.3) is 0 Å². The highest BCUT2D eigenvalue weighted by Gasteiger charge is 2.28. The van der Waals surface area contributed by atoms with E-state index in [4.69, 9.17) is 0 Å². The molecule has 16 heavy (non-hydrogen) atoms. The van der Waals surface area contributed by atoms with Crippen LogP contribution in [0.15, 0.2) is 30.7 Å². The van der Waals surface area contributed by atoms with Crippen molar-refractivity contribution in [3.63, 3.8) is 0 Å². The molecule has 0 aliphatic rings. The monoisotopic (exact) mass is 228 g/mol. The average molecular weight is 228 g/mol. The zero-order valence-corrected chi connectivity index (χ0v) is 8.02. The highest BCUT2D eigenvalue weighted by atomic mass is 19.4. The zero-order chi connectivity index (χ0) is 11.6. The van der Waals surface area contributed by atoms with Crippen LogP contribution >= 0.6 is 0 Å². The van der Waals surface area contributed by atoms with E-state index in [2.05, 4.69) is 15.1 Å². The van der Waals surface area contributed by atoms with E-state index in [1.54, 1.807) is 6.07 Å². The molecule has 84 valence electrons. The molecule has 0 spiro atoms. The van der Waals surface area contributed by atoms with Gasteiger partial charge in [0.2, 0.25) is 0 Å². The van der Waals surface area contributed by atoms with Crippen LogP contribution in [0.5, 0.6) is 0 Å². The van der Waals surface area contributed by atoms with Crippen LogP contribution in [0.4, 0.5) is 13.2 Å². The minimum atomic E-state index is -4.28. The largest absolute Gasteiger partial charge is 0.408 e. The lowest BCUT2D eigenvalue weighted by Gasteiger charge is -2.05. The van der Waals surface area contributed by atoms with E-state index in [0.29, 0.717) is 11.5 Å². The Balaban J connectivity index is 2.21. The van der Waals surface area contributed by atoms with E-state index in [9.17, 15) is 13.2 Å². The van der Waals surface area contributed by atoms with Crippen molar-refractivity contribution >= 4 is 0 Å². The van der Waals surface area contributed by atoms with Gasteiger partial charge >= 0.3 is 6.18 Å². The van der Waals surface area contributed by atoms with E-state index >= 15 is 0 Å². The van der Waals surface area contributed by atoms with Crippen molar-refractivity contribution in [2.75, 3.05) is 0 Å². The first-order valence-electron chi connectivity index (χ1n) is 4.42. The number of hydrogen-bond acceptors (Lipinski definition) is 3. The second kappa shape index (κ2) is 3.92. The highest BCUT2D eigenvalue weighted by Crippen LogP contribution is 2.18. The maximum atomic E-state index is 12.1. The number of hydrogen-bond donors (Lipinski definition) is 0. The SMILES string of the molecule is FC(F)(F)Cn1ccc(-c2ncccn2)n1. The van der Waals surface area contributed by atoms with Crippen LogP contribution in [-0.2, 0) is 6.54 Å². The minimum absolute atomic E-state index is 0.309. The van der Waals surface area contributed by atoms with Crippen molar-refractivity contribution in [3.05, 3.63) is 30.7 Å². The lowest BCUT2D eigenvalue weighted by atomic mass is 10.4. The van der Waals surface area contributed by atoms with Gasteiger partial charge < -0.3 is 0 Å². The van der Waals surface area contributed by atoms with Gasteiger partial charge in [-0.2, -0.15) is 18.3 Å². The van der Waals surface area contributed by atoms with Gasteiger partial charge in [-0.3, -0.25) is 4.68 Å². The molecule has 0 N–H and O–H groups in total. The van der Waals surface area contributed by atoms with Crippen LogP contribution in [0.2, 0.25) is 0 Å². The van der Waals surface area contributed by atoms with Crippen molar-refractivity contribution in [2.24, 2.45) is 0 Å². The minimum Gasteiger partial charge on any atom is -0.263 e. The molecule has 0 amide bonds. The molecule has 0 saturated heterocycles. The topological polar surface area (TPSA) is 43.6 Å². The van der Waals surface area contributed by atoms with Gasteiger partial charge in [-0.25, -0.2) is 9.97 Å². The summed E-state index contributed by atoms with van der Waals surface area (Å²) in [4.78, 5) is 7.78. The number of aromatic nitrogens is 4. The van der Waals surface area contributed by atoms with E-state index in [1.807, 2.05) is 0 Å². The second-order valence-electron chi connectivity index (χ2n) is 3.09. The molecule has 2 rings (SSSR count). The molecule has 0 radical (unpaired) electrons. The Morgan fingerprint density at radius 2 is 1.88 bits per heavy atom. The van der Waals surface area contributed by atoms with Crippen molar-refractivity contribution in [2.45, 2.75) is 12.7 Å². The number of alkyl halides is 3. The van der Waals surface area contributed by atoms with Gasteiger partial charge in [-0.05, 0) is 12.1 Å². The molecule has 2 aromatic heterocycles. The molecule has 0 bridgehead atoms. The molecular weight excluding hydrogens is 221 g/mol. The van der Waals surface area contributed by atoms with E-state index in [0.717, 1.165) is 4.68 Å². The number of nitrogens with zero attached hydrogens (tertiary/aromatic N) is 4. The Hall–Kier alpha value is -1.92. The third kappa shape index (κ3) is 2.56. The summed E-state index contributed by atoms with van der Waals surface area (Å²) >= 11 is 0. The first-order chi connectivity index (χ1) is 7.54. The summed E-state index contributed by atoms with van der Waals surface area (Å²) in [5.74, 6) is 0.309. The normalized spacial score (nSPS) is 11.7. The molecule has 4 nitrogen and oxygen atoms in total. The summed E-state index contributed by atoms with van der Waals surface area (Å²) in [6, 6.07) is 3.07.